The van der Waals surface area contributed by atoms with E-state index in [2.05, 4.69) is 5.32 Å². The molecule has 2 rings (SSSR count). The third kappa shape index (κ3) is 3.36. The third-order valence-electron chi connectivity index (χ3n) is 2.98. The fourth-order valence-electron chi connectivity index (χ4n) is 1.85. The van der Waals surface area contributed by atoms with Crippen molar-refractivity contribution in [1.29, 1.82) is 0 Å². The van der Waals surface area contributed by atoms with E-state index >= 15 is 0 Å². The van der Waals surface area contributed by atoms with E-state index in [1.165, 1.54) is 18.2 Å². The lowest BCUT2D eigenvalue weighted by molar-refractivity contribution is 0.0936. The fraction of sp³-hybridized carbons (Fsp3) is 0.133. The van der Waals surface area contributed by atoms with Crippen molar-refractivity contribution in [3.8, 4) is 0 Å². The first-order chi connectivity index (χ1) is 9.90. The van der Waals surface area contributed by atoms with E-state index in [-0.39, 0.29) is 10.6 Å². The first kappa shape index (κ1) is 15.4. The molecule has 0 aliphatic heterocycles. The molecule has 0 radical (unpaired) electrons. The van der Waals surface area contributed by atoms with Crippen molar-refractivity contribution in [3.63, 3.8) is 0 Å². The van der Waals surface area contributed by atoms with Crippen LogP contribution in [0.25, 0.3) is 0 Å². The van der Waals surface area contributed by atoms with E-state index in [1.54, 1.807) is 6.92 Å². The Morgan fingerprint density at radius 1 is 1.10 bits per heavy atom. The highest BCUT2D eigenvalue weighted by Gasteiger charge is 2.18. The van der Waals surface area contributed by atoms with Crippen LogP contribution in [0.2, 0.25) is 5.02 Å². The summed E-state index contributed by atoms with van der Waals surface area (Å²) in [4.78, 5) is 12.0. The number of halogens is 4. The van der Waals surface area contributed by atoms with Gasteiger partial charge in [0.05, 0.1) is 16.6 Å². The molecule has 0 heterocycles. The van der Waals surface area contributed by atoms with Gasteiger partial charge in [-0.15, -0.1) is 0 Å². The number of hydrogen-bond acceptors (Lipinski definition) is 1. The number of benzene rings is 2. The zero-order chi connectivity index (χ0) is 15.6. The average molecular weight is 314 g/mol. The second kappa shape index (κ2) is 6.18. The Labute approximate surface area is 124 Å². The molecular formula is C15H11ClF3NO. The summed E-state index contributed by atoms with van der Waals surface area (Å²) in [6, 6.07) is 6.53. The number of carbonyl (C=O) groups excluding carboxylic acids is 1. The van der Waals surface area contributed by atoms with Gasteiger partial charge >= 0.3 is 0 Å². The van der Waals surface area contributed by atoms with Crippen LogP contribution in [-0.2, 0) is 0 Å². The van der Waals surface area contributed by atoms with Crippen LogP contribution >= 0.6 is 11.6 Å². The van der Waals surface area contributed by atoms with Gasteiger partial charge in [-0.1, -0.05) is 23.7 Å². The lowest BCUT2D eigenvalue weighted by Crippen LogP contribution is -2.27. The van der Waals surface area contributed by atoms with Crippen LogP contribution in [0.4, 0.5) is 13.2 Å². The topological polar surface area (TPSA) is 29.1 Å². The number of nitrogens with one attached hydrogen (secondary N) is 1. The SMILES string of the molecule is CC(NC(=O)c1c(F)cccc1Cl)c1ccc(F)c(F)c1. The molecule has 110 valence electrons. The highest BCUT2D eigenvalue weighted by molar-refractivity contribution is 6.33. The fourth-order valence-corrected chi connectivity index (χ4v) is 2.10. The molecule has 0 saturated carbocycles. The lowest BCUT2D eigenvalue weighted by Gasteiger charge is -2.15. The van der Waals surface area contributed by atoms with Crippen molar-refractivity contribution in [3.05, 3.63) is 70.0 Å². The Hall–Kier alpha value is -2.01. The van der Waals surface area contributed by atoms with Crippen LogP contribution in [0.1, 0.15) is 28.9 Å². The van der Waals surface area contributed by atoms with E-state index in [0.717, 1.165) is 18.2 Å². The Morgan fingerprint density at radius 2 is 1.81 bits per heavy atom. The molecule has 21 heavy (non-hydrogen) atoms. The van der Waals surface area contributed by atoms with E-state index < -0.39 is 29.4 Å². The van der Waals surface area contributed by atoms with Crippen LogP contribution in [0.3, 0.4) is 0 Å². The maximum absolute atomic E-state index is 13.6. The third-order valence-corrected chi connectivity index (χ3v) is 3.30. The molecule has 1 N–H and O–H groups in total. The van der Waals surface area contributed by atoms with Gasteiger partial charge in [0.25, 0.3) is 5.91 Å². The molecule has 0 saturated heterocycles. The van der Waals surface area contributed by atoms with Crippen LogP contribution < -0.4 is 5.32 Å². The summed E-state index contributed by atoms with van der Waals surface area (Å²) in [6.07, 6.45) is 0. The summed E-state index contributed by atoms with van der Waals surface area (Å²) < 4.78 is 39.6. The number of carbonyl (C=O) groups is 1. The smallest absolute Gasteiger partial charge is 0.256 e. The molecule has 1 atom stereocenters. The van der Waals surface area contributed by atoms with Crippen LogP contribution in [0.5, 0.6) is 0 Å². The monoisotopic (exact) mass is 313 g/mol. The quantitative estimate of drug-likeness (QED) is 0.902. The molecule has 1 unspecified atom stereocenters. The predicted molar refractivity (Wildman–Crippen MR) is 73.6 cm³/mol. The van der Waals surface area contributed by atoms with Crippen molar-refractivity contribution in [2.45, 2.75) is 13.0 Å². The summed E-state index contributed by atoms with van der Waals surface area (Å²) in [5, 5.41) is 2.47. The van der Waals surface area contributed by atoms with E-state index in [9.17, 15) is 18.0 Å². The van der Waals surface area contributed by atoms with Crippen molar-refractivity contribution >= 4 is 17.5 Å². The minimum absolute atomic E-state index is 0.0232. The molecule has 2 aromatic carbocycles. The molecule has 1 amide bonds. The van der Waals surface area contributed by atoms with Gasteiger partial charge < -0.3 is 5.32 Å². The highest BCUT2D eigenvalue weighted by Crippen LogP contribution is 2.21. The Bertz CT molecular complexity index is 670. The van der Waals surface area contributed by atoms with E-state index in [0.29, 0.717) is 5.56 Å². The number of amides is 1. The molecular weight excluding hydrogens is 303 g/mol. The van der Waals surface area contributed by atoms with Gasteiger partial charge in [0.15, 0.2) is 11.6 Å². The van der Waals surface area contributed by atoms with Gasteiger partial charge in [-0.2, -0.15) is 0 Å². The Morgan fingerprint density at radius 3 is 2.43 bits per heavy atom. The molecule has 2 nitrogen and oxygen atoms in total. The maximum atomic E-state index is 13.6. The highest BCUT2D eigenvalue weighted by atomic mass is 35.5. The zero-order valence-electron chi connectivity index (χ0n) is 11.0. The van der Waals surface area contributed by atoms with Crippen molar-refractivity contribution in [2.75, 3.05) is 0 Å². The standard InChI is InChI=1S/C15H11ClF3NO/c1-8(9-5-6-11(17)13(19)7-9)20-15(21)14-10(16)3-2-4-12(14)18/h2-8H,1H3,(H,20,21). The average Bonchev–Trinajstić information content (AvgIpc) is 2.41. The summed E-state index contributed by atoms with van der Waals surface area (Å²) in [5.74, 6) is -3.47. The van der Waals surface area contributed by atoms with E-state index in [4.69, 9.17) is 11.6 Å². The molecule has 0 bridgehead atoms. The van der Waals surface area contributed by atoms with Crippen molar-refractivity contribution in [1.82, 2.24) is 5.32 Å². The van der Waals surface area contributed by atoms with Gasteiger partial charge in [-0.3, -0.25) is 4.79 Å². The van der Waals surface area contributed by atoms with E-state index in [1.807, 2.05) is 0 Å². The summed E-state index contributed by atoms with van der Waals surface area (Å²) >= 11 is 5.79. The molecule has 0 aliphatic rings. The first-order valence-corrected chi connectivity index (χ1v) is 6.47. The minimum Gasteiger partial charge on any atom is -0.345 e. The number of hydrogen-bond donors (Lipinski definition) is 1. The van der Waals surface area contributed by atoms with Crippen LogP contribution in [0.15, 0.2) is 36.4 Å². The second-order valence-corrected chi connectivity index (χ2v) is 4.87. The molecule has 0 fully saturated rings. The normalized spacial score (nSPS) is 12.0. The molecule has 6 heteroatoms. The van der Waals surface area contributed by atoms with Crippen LogP contribution in [0, 0.1) is 17.5 Å². The molecule has 0 spiro atoms. The summed E-state index contributed by atoms with van der Waals surface area (Å²) in [7, 11) is 0. The van der Waals surface area contributed by atoms with Gasteiger partial charge in [-0.25, -0.2) is 13.2 Å². The predicted octanol–water partition coefficient (Wildman–Crippen LogP) is 4.25. The summed E-state index contributed by atoms with van der Waals surface area (Å²) in [6.45, 7) is 1.57. The van der Waals surface area contributed by atoms with Crippen molar-refractivity contribution in [2.24, 2.45) is 0 Å². The van der Waals surface area contributed by atoms with Gasteiger partial charge in [0, 0.05) is 0 Å². The second-order valence-electron chi connectivity index (χ2n) is 4.47. The number of rotatable bonds is 3. The lowest BCUT2D eigenvalue weighted by atomic mass is 10.1. The van der Waals surface area contributed by atoms with Gasteiger partial charge in [-0.05, 0) is 36.8 Å². The summed E-state index contributed by atoms with van der Waals surface area (Å²) in [5.41, 5.74) is 0.0725. The molecule has 0 aliphatic carbocycles. The van der Waals surface area contributed by atoms with Gasteiger partial charge in [0.2, 0.25) is 0 Å². The minimum atomic E-state index is -1.02. The molecule has 0 aromatic heterocycles. The largest absolute Gasteiger partial charge is 0.345 e. The first-order valence-electron chi connectivity index (χ1n) is 6.10. The molecule has 2 aromatic rings. The van der Waals surface area contributed by atoms with Crippen molar-refractivity contribution < 1.29 is 18.0 Å². The van der Waals surface area contributed by atoms with Gasteiger partial charge in [0.1, 0.15) is 5.82 Å². The maximum Gasteiger partial charge on any atom is 0.256 e. The zero-order valence-corrected chi connectivity index (χ0v) is 11.7. The van der Waals surface area contributed by atoms with Crippen LogP contribution in [-0.4, -0.2) is 5.91 Å². The Balaban J connectivity index is 2.21. The Kier molecular flexibility index (Phi) is 4.53.